The van der Waals surface area contributed by atoms with Crippen LogP contribution in [0.2, 0.25) is 0 Å². The van der Waals surface area contributed by atoms with E-state index in [1.165, 1.54) is 0 Å². The van der Waals surface area contributed by atoms with Gasteiger partial charge in [0.15, 0.2) is 17.6 Å². The molecule has 28 heavy (non-hydrogen) atoms. The molecule has 0 spiro atoms. The topological polar surface area (TPSA) is 66.0 Å². The third-order valence-corrected chi connectivity index (χ3v) is 4.50. The molecule has 2 rings (SSSR count). The van der Waals surface area contributed by atoms with E-state index in [4.69, 9.17) is 18.9 Å². The number of aryl methyl sites for hydroxylation is 2. The molecule has 0 saturated heterocycles. The molecule has 0 aliphatic heterocycles. The number of hydrogen-bond acceptors (Lipinski definition) is 5. The SMILES string of the molecule is CCC(Oc1ccc(C)cc1C)C(=O)NCc1ccc(OC)c(OC)c1OC. The van der Waals surface area contributed by atoms with E-state index in [0.29, 0.717) is 23.7 Å². The molecule has 2 aromatic carbocycles. The highest BCUT2D eigenvalue weighted by Crippen LogP contribution is 2.39. The number of nitrogens with one attached hydrogen (secondary N) is 1. The van der Waals surface area contributed by atoms with Crippen molar-refractivity contribution < 1.29 is 23.7 Å². The van der Waals surface area contributed by atoms with Crippen LogP contribution in [0.25, 0.3) is 0 Å². The Morgan fingerprint density at radius 1 is 0.964 bits per heavy atom. The van der Waals surface area contributed by atoms with Crippen LogP contribution in [-0.4, -0.2) is 33.3 Å². The molecule has 0 fully saturated rings. The van der Waals surface area contributed by atoms with E-state index in [-0.39, 0.29) is 12.5 Å². The van der Waals surface area contributed by atoms with E-state index >= 15 is 0 Å². The normalized spacial score (nSPS) is 11.5. The molecule has 0 aliphatic carbocycles. The zero-order chi connectivity index (χ0) is 20.7. The van der Waals surface area contributed by atoms with Gasteiger partial charge in [-0.15, -0.1) is 0 Å². The van der Waals surface area contributed by atoms with Crippen LogP contribution in [0.4, 0.5) is 0 Å². The highest BCUT2D eigenvalue weighted by atomic mass is 16.5. The zero-order valence-electron chi connectivity index (χ0n) is 17.4. The minimum atomic E-state index is -0.576. The molecular weight excluding hydrogens is 358 g/mol. The summed E-state index contributed by atoms with van der Waals surface area (Å²) in [5, 5.41) is 2.92. The molecule has 0 aromatic heterocycles. The highest BCUT2D eigenvalue weighted by Gasteiger charge is 2.21. The molecule has 0 radical (unpaired) electrons. The maximum Gasteiger partial charge on any atom is 0.261 e. The third-order valence-electron chi connectivity index (χ3n) is 4.50. The molecule has 0 heterocycles. The zero-order valence-corrected chi connectivity index (χ0v) is 17.4. The Kier molecular flexibility index (Phi) is 7.55. The molecule has 1 atom stereocenters. The summed E-state index contributed by atoms with van der Waals surface area (Å²) in [6, 6.07) is 9.53. The molecule has 0 bridgehead atoms. The van der Waals surface area contributed by atoms with E-state index in [1.54, 1.807) is 27.4 Å². The highest BCUT2D eigenvalue weighted by molar-refractivity contribution is 5.81. The minimum absolute atomic E-state index is 0.181. The van der Waals surface area contributed by atoms with Crippen LogP contribution in [0.15, 0.2) is 30.3 Å². The van der Waals surface area contributed by atoms with Crippen molar-refractivity contribution in [1.82, 2.24) is 5.32 Å². The smallest absolute Gasteiger partial charge is 0.261 e. The van der Waals surface area contributed by atoms with Gasteiger partial charge in [0.1, 0.15) is 5.75 Å². The molecule has 6 heteroatoms. The largest absolute Gasteiger partial charge is 0.493 e. The van der Waals surface area contributed by atoms with Crippen molar-refractivity contribution in [2.45, 2.75) is 39.8 Å². The monoisotopic (exact) mass is 387 g/mol. The number of rotatable bonds is 9. The van der Waals surface area contributed by atoms with E-state index < -0.39 is 6.10 Å². The average molecular weight is 387 g/mol. The van der Waals surface area contributed by atoms with Gasteiger partial charge in [-0.25, -0.2) is 0 Å². The second-order valence-corrected chi connectivity index (χ2v) is 6.49. The van der Waals surface area contributed by atoms with Gasteiger partial charge >= 0.3 is 0 Å². The first-order chi connectivity index (χ1) is 13.4. The van der Waals surface area contributed by atoms with Crippen LogP contribution < -0.4 is 24.3 Å². The lowest BCUT2D eigenvalue weighted by molar-refractivity contribution is -0.128. The molecule has 0 aliphatic rings. The molecule has 2 aromatic rings. The third kappa shape index (κ3) is 4.88. The van der Waals surface area contributed by atoms with E-state index in [9.17, 15) is 4.79 Å². The Balaban J connectivity index is 2.11. The Bertz CT molecular complexity index is 819. The van der Waals surface area contributed by atoms with Gasteiger partial charge in [-0.05, 0) is 44.0 Å². The molecule has 0 saturated carbocycles. The summed E-state index contributed by atoms with van der Waals surface area (Å²) < 4.78 is 22.1. The van der Waals surface area contributed by atoms with Gasteiger partial charge in [0.2, 0.25) is 5.75 Å². The van der Waals surface area contributed by atoms with Crippen molar-refractivity contribution in [2.75, 3.05) is 21.3 Å². The number of carbonyl (C=O) groups excluding carboxylic acids is 1. The summed E-state index contributed by atoms with van der Waals surface area (Å²) in [7, 11) is 4.67. The maximum absolute atomic E-state index is 12.7. The summed E-state index contributed by atoms with van der Waals surface area (Å²) in [5.74, 6) is 2.13. The second-order valence-electron chi connectivity index (χ2n) is 6.49. The number of hydrogen-bond donors (Lipinski definition) is 1. The van der Waals surface area contributed by atoms with Gasteiger partial charge in [-0.1, -0.05) is 24.6 Å². The van der Waals surface area contributed by atoms with Crippen molar-refractivity contribution in [3.05, 3.63) is 47.0 Å². The van der Waals surface area contributed by atoms with Crippen LogP contribution in [0.1, 0.15) is 30.0 Å². The fourth-order valence-electron chi connectivity index (χ4n) is 3.01. The van der Waals surface area contributed by atoms with E-state index in [0.717, 1.165) is 22.4 Å². The van der Waals surface area contributed by atoms with Crippen molar-refractivity contribution in [2.24, 2.45) is 0 Å². The van der Waals surface area contributed by atoms with Crippen molar-refractivity contribution >= 4 is 5.91 Å². The first kappa shape index (κ1) is 21.4. The quantitative estimate of drug-likeness (QED) is 0.709. The Morgan fingerprint density at radius 2 is 1.64 bits per heavy atom. The number of methoxy groups -OCH3 is 3. The lowest BCUT2D eigenvalue weighted by Gasteiger charge is -2.20. The van der Waals surface area contributed by atoms with Crippen molar-refractivity contribution in [3.63, 3.8) is 0 Å². The molecule has 1 amide bonds. The fourth-order valence-corrected chi connectivity index (χ4v) is 3.01. The predicted molar refractivity (Wildman–Crippen MR) is 109 cm³/mol. The maximum atomic E-state index is 12.7. The first-order valence-electron chi connectivity index (χ1n) is 9.24. The van der Waals surface area contributed by atoms with Gasteiger partial charge < -0.3 is 24.3 Å². The summed E-state index contributed by atoms with van der Waals surface area (Å²) in [5.41, 5.74) is 2.95. The number of carbonyl (C=O) groups is 1. The van der Waals surface area contributed by atoms with Gasteiger partial charge in [0.05, 0.1) is 21.3 Å². The fraction of sp³-hybridized carbons (Fsp3) is 0.409. The van der Waals surface area contributed by atoms with Crippen molar-refractivity contribution in [3.8, 4) is 23.0 Å². The van der Waals surface area contributed by atoms with Crippen LogP contribution in [0, 0.1) is 13.8 Å². The molecule has 1 N–H and O–H groups in total. The van der Waals surface area contributed by atoms with Crippen LogP contribution >= 0.6 is 0 Å². The minimum Gasteiger partial charge on any atom is -0.493 e. The van der Waals surface area contributed by atoms with Gasteiger partial charge in [-0.3, -0.25) is 4.79 Å². The van der Waals surface area contributed by atoms with Crippen LogP contribution in [-0.2, 0) is 11.3 Å². The molecule has 1 unspecified atom stereocenters. The Morgan fingerprint density at radius 3 is 2.21 bits per heavy atom. The van der Waals surface area contributed by atoms with Gasteiger partial charge in [0.25, 0.3) is 5.91 Å². The van der Waals surface area contributed by atoms with Gasteiger partial charge in [0, 0.05) is 12.1 Å². The van der Waals surface area contributed by atoms with E-state index in [1.807, 2.05) is 45.0 Å². The number of benzene rings is 2. The standard InChI is InChI=1S/C22H29NO5/c1-7-17(28-18-10-8-14(2)12-15(18)3)22(24)23-13-16-9-11-19(25-4)21(27-6)20(16)26-5/h8-12,17H,7,13H2,1-6H3,(H,23,24). The Labute approximate surface area is 166 Å². The molecule has 6 nitrogen and oxygen atoms in total. The predicted octanol–water partition coefficient (Wildman–Crippen LogP) is 3.80. The molecule has 152 valence electrons. The van der Waals surface area contributed by atoms with E-state index in [2.05, 4.69) is 5.32 Å². The van der Waals surface area contributed by atoms with Crippen molar-refractivity contribution in [1.29, 1.82) is 0 Å². The number of amides is 1. The molecular formula is C22H29NO5. The Hall–Kier alpha value is -2.89. The lowest BCUT2D eigenvalue weighted by atomic mass is 10.1. The van der Waals surface area contributed by atoms with Crippen LogP contribution in [0.3, 0.4) is 0 Å². The summed E-state index contributed by atoms with van der Waals surface area (Å²) in [6.07, 6.45) is -0.0186. The average Bonchev–Trinajstić information content (AvgIpc) is 2.70. The first-order valence-corrected chi connectivity index (χ1v) is 9.24. The van der Waals surface area contributed by atoms with Gasteiger partial charge in [-0.2, -0.15) is 0 Å². The number of ether oxygens (including phenoxy) is 4. The lowest BCUT2D eigenvalue weighted by Crippen LogP contribution is -2.37. The summed E-state index contributed by atoms with van der Waals surface area (Å²) >= 11 is 0. The summed E-state index contributed by atoms with van der Waals surface area (Å²) in [4.78, 5) is 12.7. The van der Waals surface area contributed by atoms with Crippen LogP contribution in [0.5, 0.6) is 23.0 Å². The summed E-state index contributed by atoms with van der Waals surface area (Å²) in [6.45, 7) is 6.21. The second kappa shape index (κ2) is 9.88.